The van der Waals surface area contributed by atoms with Gasteiger partial charge in [0.2, 0.25) is 0 Å². The summed E-state index contributed by atoms with van der Waals surface area (Å²) in [5, 5.41) is 16.5. The van der Waals surface area contributed by atoms with Crippen molar-refractivity contribution >= 4 is 29.9 Å². The third-order valence-corrected chi connectivity index (χ3v) is 4.08. The fraction of sp³-hybridized carbons (Fsp3) is 0.350. The first kappa shape index (κ1) is 22.9. The first-order chi connectivity index (χ1) is 12.7. The summed E-state index contributed by atoms with van der Waals surface area (Å²) >= 11 is 0. The molecule has 0 saturated heterocycles. The van der Waals surface area contributed by atoms with Crippen LogP contribution in [0.25, 0.3) is 0 Å². The average Bonchev–Trinajstić information content (AvgIpc) is 2.68. The molecule has 27 heavy (non-hydrogen) atoms. The second kappa shape index (κ2) is 12.3. The van der Waals surface area contributed by atoms with Crippen molar-refractivity contribution in [2.75, 3.05) is 34.4 Å². The second-order valence-electron chi connectivity index (χ2n) is 5.73. The van der Waals surface area contributed by atoms with Crippen molar-refractivity contribution in [1.82, 2.24) is 10.6 Å². The Morgan fingerprint density at radius 3 is 2.22 bits per heavy atom. The molecular weight excluding hydrogens is 457 g/mol. The molecule has 2 rings (SSSR count). The van der Waals surface area contributed by atoms with E-state index in [9.17, 15) is 5.11 Å². The zero-order chi connectivity index (χ0) is 18.8. The second-order valence-corrected chi connectivity index (χ2v) is 5.73. The summed E-state index contributed by atoms with van der Waals surface area (Å²) in [6, 6.07) is 13.3. The number of rotatable bonds is 8. The first-order valence-corrected chi connectivity index (χ1v) is 8.60. The van der Waals surface area contributed by atoms with Crippen LogP contribution in [0.15, 0.2) is 47.5 Å². The number of phenols is 1. The number of hydrogen-bond acceptors (Lipinski definition) is 4. The number of para-hydroxylation sites is 1. The number of ether oxygens (including phenoxy) is 2. The van der Waals surface area contributed by atoms with Crippen LogP contribution in [0.3, 0.4) is 0 Å². The maximum atomic E-state index is 10.00. The van der Waals surface area contributed by atoms with Gasteiger partial charge < -0.3 is 25.2 Å². The van der Waals surface area contributed by atoms with Crippen molar-refractivity contribution in [2.45, 2.75) is 12.8 Å². The lowest BCUT2D eigenvalue weighted by atomic mass is 10.1. The lowest BCUT2D eigenvalue weighted by Crippen LogP contribution is -2.39. The summed E-state index contributed by atoms with van der Waals surface area (Å²) in [4.78, 5) is 4.22. The average molecular weight is 485 g/mol. The lowest BCUT2D eigenvalue weighted by molar-refractivity contribution is 0.406. The molecule has 0 amide bonds. The fourth-order valence-electron chi connectivity index (χ4n) is 2.64. The van der Waals surface area contributed by atoms with E-state index < -0.39 is 0 Å². The minimum atomic E-state index is 0. The molecule has 0 aliphatic rings. The van der Waals surface area contributed by atoms with Crippen LogP contribution in [0.5, 0.6) is 17.2 Å². The number of guanidine groups is 1. The maximum absolute atomic E-state index is 10.00. The van der Waals surface area contributed by atoms with Gasteiger partial charge in [-0.3, -0.25) is 4.99 Å². The number of aromatic hydroxyl groups is 1. The van der Waals surface area contributed by atoms with Crippen LogP contribution in [-0.2, 0) is 12.8 Å². The van der Waals surface area contributed by atoms with Crippen LogP contribution in [0.4, 0.5) is 0 Å². The van der Waals surface area contributed by atoms with Crippen LogP contribution < -0.4 is 20.1 Å². The molecule has 0 bridgehead atoms. The van der Waals surface area contributed by atoms with Crippen molar-refractivity contribution in [3.63, 3.8) is 0 Å². The number of methoxy groups -OCH3 is 2. The molecular formula is C20H28IN3O3. The maximum Gasteiger partial charge on any atom is 0.190 e. The zero-order valence-corrected chi connectivity index (χ0v) is 18.3. The largest absolute Gasteiger partial charge is 0.508 e. The van der Waals surface area contributed by atoms with Gasteiger partial charge in [0.15, 0.2) is 5.96 Å². The summed E-state index contributed by atoms with van der Waals surface area (Å²) in [5.74, 6) is 2.51. The molecule has 0 aliphatic carbocycles. The van der Waals surface area contributed by atoms with Crippen molar-refractivity contribution in [1.29, 1.82) is 0 Å². The topological polar surface area (TPSA) is 75.1 Å². The van der Waals surface area contributed by atoms with Gasteiger partial charge in [-0.05, 0) is 36.1 Å². The number of nitrogens with zero attached hydrogens (tertiary/aromatic N) is 1. The van der Waals surface area contributed by atoms with Gasteiger partial charge >= 0.3 is 0 Å². The van der Waals surface area contributed by atoms with Gasteiger partial charge in [-0.1, -0.05) is 24.3 Å². The highest BCUT2D eigenvalue weighted by Gasteiger charge is 2.05. The Morgan fingerprint density at radius 1 is 0.963 bits per heavy atom. The molecule has 0 aromatic heterocycles. The molecule has 0 unspecified atom stereocenters. The molecule has 0 heterocycles. The summed E-state index contributed by atoms with van der Waals surface area (Å²) in [5.41, 5.74) is 2.02. The summed E-state index contributed by atoms with van der Waals surface area (Å²) in [6.45, 7) is 1.40. The number of aliphatic imine (C=N–C) groups is 1. The molecule has 0 radical (unpaired) electrons. The molecule has 0 atom stereocenters. The number of nitrogens with one attached hydrogen (secondary N) is 2. The predicted molar refractivity (Wildman–Crippen MR) is 120 cm³/mol. The minimum Gasteiger partial charge on any atom is -0.508 e. The van der Waals surface area contributed by atoms with E-state index in [0.717, 1.165) is 35.8 Å². The normalized spacial score (nSPS) is 10.7. The number of phenolic OH excluding ortho intramolecular Hbond substituents is 1. The Bertz CT molecular complexity index is 738. The van der Waals surface area contributed by atoms with E-state index in [0.29, 0.717) is 18.7 Å². The molecule has 3 N–H and O–H groups in total. The highest BCUT2D eigenvalue weighted by Crippen LogP contribution is 2.23. The molecule has 7 heteroatoms. The van der Waals surface area contributed by atoms with E-state index in [1.807, 2.05) is 30.3 Å². The van der Waals surface area contributed by atoms with E-state index in [4.69, 9.17) is 9.47 Å². The van der Waals surface area contributed by atoms with E-state index in [2.05, 4.69) is 21.7 Å². The Hall–Kier alpha value is -2.16. The molecule has 0 fully saturated rings. The van der Waals surface area contributed by atoms with Crippen molar-refractivity contribution < 1.29 is 14.6 Å². The highest BCUT2D eigenvalue weighted by molar-refractivity contribution is 14.0. The van der Waals surface area contributed by atoms with Crippen LogP contribution in [-0.4, -0.2) is 45.4 Å². The van der Waals surface area contributed by atoms with Gasteiger partial charge in [0.05, 0.1) is 14.2 Å². The fourth-order valence-corrected chi connectivity index (χ4v) is 2.64. The van der Waals surface area contributed by atoms with Gasteiger partial charge in [0.1, 0.15) is 17.2 Å². The standard InChI is InChI=1S/C20H27N3O3.HI/c1-21-20(23-13-11-16-6-4-5-7-19(16)26-3)22-12-10-15-8-9-17(25-2)14-18(15)24;/h4-9,14,24H,10-13H2,1-3H3,(H2,21,22,23);1H. The van der Waals surface area contributed by atoms with Crippen LogP contribution >= 0.6 is 24.0 Å². The van der Waals surface area contributed by atoms with E-state index in [-0.39, 0.29) is 29.7 Å². The van der Waals surface area contributed by atoms with Crippen LogP contribution in [0, 0.1) is 0 Å². The number of hydrogen-bond donors (Lipinski definition) is 3. The van der Waals surface area contributed by atoms with E-state index in [1.165, 1.54) is 0 Å². The summed E-state index contributed by atoms with van der Waals surface area (Å²) in [7, 11) is 5.00. The molecule has 2 aromatic carbocycles. The third-order valence-electron chi connectivity index (χ3n) is 4.08. The lowest BCUT2D eigenvalue weighted by Gasteiger charge is -2.13. The monoisotopic (exact) mass is 485 g/mol. The van der Waals surface area contributed by atoms with Gasteiger partial charge in [-0.2, -0.15) is 0 Å². The van der Waals surface area contributed by atoms with E-state index >= 15 is 0 Å². The smallest absolute Gasteiger partial charge is 0.190 e. The molecule has 2 aromatic rings. The third kappa shape index (κ3) is 7.16. The number of halogens is 1. The van der Waals surface area contributed by atoms with E-state index in [1.54, 1.807) is 27.3 Å². The van der Waals surface area contributed by atoms with Crippen LogP contribution in [0.1, 0.15) is 11.1 Å². The molecule has 0 spiro atoms. The van der Waals surface area contributed by atoms with Crippen LogP contribution in [0.2, 0.25) is 0 Å². The van der Waals surface area contributed by atoms with Gasteiger partial charge in [0, 0.05) is 26.2 Å². The SMILES string of the molecule is CN=C(NCCc1ccc(OC)cc1O)NCCc1ccccc1OC.I. The quantitative estimate of drug-likeness (QED) is 0.305. The molecule has 0 saturated carbocycles. The van der Waals surface area contributed by atoms with Crippen molar-refractivity contribution in [2.24, 2.45) is 4.99 Å². The van der Waals surface area contributed by atoms with Gasteiger partial charge in [0.25, 0.3) is 0 Å². The highest BCUT2D eigenvalue weighted by atomic mass is 127. The van der Waals surface area contributed by atoms with Gasteiger partial charge in [-0.25, -0.2) is 0 Å². The van der Waals surface area contributed by atoms with Gasteiger partial charge in [-0.15, -0.1) is 24.0 Å². The minimum absolute atomic E-state index is 0. The first-order valence-electron chi connectivity index (χ1n) is 8.60. The Labute approximate surface area is 178 Å². The predicted octanol–water partition coefficient (Wildman–Crippen LogP) is 2.98. The number of benzene rings is 2. The summed E-state index contributed by atoms with van der Waals surface area (Å²) in [6.07, 6.45) is 1.52. The van der Waals surface area contributed by atoms with Crippen molar-refractivity contribution in [3.05, 3.63) is 53.6 Å². The zero-order valence-electron chi connectivity index (χ0n) is 16.0. The molecule has 0 aliphatic heterocycles. The Morgan fingerprint density at radius 2 is 1.63 bits per heavy atom. The Kier molecular flexibility index (Phi) is 10.4. The Balaban J connectivity index is 0.00000364. The van der Waals surface area contributed by atoms with Crippen molar-refractivity contribution in [3.8, 4) is 17.2 Å². The molecule has 6 nitrogen and oxygen atoms in total. The summed E-state index contributed by atoms with van der Waals surface area (Å²) < 4.78 is 10.5. The molecule has 148 valence electrons.